The molecule has 5 aliphatic rings. The van der Waals surface area contributed by atoms with E-state index < -0.39 is 18.0 Å². The summed E-state index contributed by atoms with van der Waals surface area (Å²) in [6, 6.07) is 0. The Morgan fingerprint density at radius 3 is 2.15 bits per heavy atom. The molecule has 0 aromatic carbocycles. The van der Waals surface area contributed by atoms with E-state index in [1.165, 1.54) is 0 Å². The number of hydrogen-bond donors (Lipinski definition) is 3. The topological polar surface area (TPSA) is 94.8 Å². The minimum Gasteiger partial charge on any atom is -0.481 e. The number of aliphatic hydroxyl groups is 2. The average Bonchev–Trinajstić information content (AvgIpc) is 3.18. The van der Waals surface area contributed by atoms with Gasteiger partial charge in [-0.3, -0.25) is 9.59 Å². The molecule has 5 heteroatoms. The Bertz CT molecular complexity index is 882. The fourth-order valence-electron chi connectivity index (χ4n) is 11.4. The summed E-state index contributed by atoms with van der Waals surface area (Å²) in [6.45, 7) is 11.5. The predicted molar refractivity (Wildman–Crippen MR) is 130 cm³/mol. The SMILES string of the molecule is CC1(C)C2CC[C@]3(C)[C@H](CC[C@@H]4C5C(C(=O)CO)CC[C@]5(C(=O)O)CC[C@]43C)[C@@]2(C)CC[C@@H]1O. The van der Waals surface area contributed by atoms with Gasteiger partial charge in [0.05, 0.1) is 11.5 Å². The Morgan fingerprint density at radius 2 is 1.50 bits per heavy atom. The Morgan fingerprint density at radius 1 is 0.794 bits per heavy atom. The number of ketones is 1. The van der Waals surface area contributed by atoms with Crippen molar-refractivity contribution >= 4 is 11.8 Å². The van der Waals surface area contributed by atoms with E-state index in [2.05, 4.69) is 34.6 Å². The number of fused-ring (bicyclic) bond motifs is 7. The third-order valence-electron chi connectivity index (χ3n) is 13.4. The molecule has 0 heterocycles. The first-order valence-electron chi connectivity index (χ1n) is 13.8. The maximum absolute atomic E-state index is 12.8. The molecule has 5 rings (SSSR count). The molecule has 34 heavy (non-hydrogen) atoms. The van der Waals surface area contributed by atoms with Gasteiger partial charge in [0.15, 0.2) is 5.78 Å². The number of carboxylic acids is 1. The van der Waals surface area contributed by atoms with E-state index in [1.807, 2.05) is 0 Å². The van der Waals surface area contributed by atoms with Gasteiger partial charge in [0.25, 0.3) is 0 Å². The summed E-state index contributed by atoms with van der Waals surface area (Å²) in [6.07, 6.45) is 8.74. The standard InChI is InChI=1S/C29H46O5/c1-25(2)20-9-12-28(5)21(26(20,3)11-10-22(25)32)7-6-18-23-17(19(31)16-30)8-13-29(23,24(33)34)15-14-27(18,28)4/h17-18,20-23,30,32H,6-16H2,1-5H3,(H,33,34)/t17?,18-,20?,21-,22+,23?,26+,27-,28-,29+/m1/s1. The molecule has 5 nitrogen and oxygen atoms in total. The van der Waals surface area contributed by atoms with Crippen molar-refractivity contribution < 1.29 is 24.9 Å². The smallest absolute Gasteiger partial charge is 0.309 e. The van der Waals surface area contributed by atoms with Crippen molar-refractivity contribution in [1.82, 2.24) is 0 Å². The number of carbonyl (C=O) groups is 2. The monoisotopic (exact) mass is 474 g/mol. The zero-order chi connectivity index (χ0) is 24.9. The molecule has 5 saturated carbocycles. The molecule has 0 aromatic rings. The van der Waals surface area contributed by atoms with Crippen molar-refractivity contribution in [2.75, 3.05) is 6.61 Å². The number of carboxylic acid groups (broad SMARTS) is 1. The summed E-state index contributed by atoms with van der Waals surface area (Å²) in [5.41, 5.74) is -0.616. The molecule has 0 amide bonds. The largest absolute Gasteiger partial charge is 0.481 e. The molecule has 0 radical (unpaired) electrons. The highest BCUT2D eigenvalue weighted by Crippen LogP contribution is 2.77. The summed E-state index contributed by atoms with van der Waals surface area (Å²) >= 11 is 0. The van der Waals surface area contributed by atoms with Crippen LogP contribution in [0.25, 0.3) is 0 Å². The first kappa shape index (κ1) is 24.7. The first-order valence-corrected chi connectivity index (χ1v) is 13.8. The van der Waals surface area contributed by atoms with Gasteiger partial charge in [0.1, 0.15) is 6.61 Å². The van der Waals surface area contributed by atoms with E-state index >= 15 is 0 Å². The van der Waals surface area contributed by atoms with Crippen LogP contribution in [0.1, 0.15) is 98.8 Å². The molecule has 0 spiro atoms. The van der Waals surface area contributed by atoms with Crippen LogP contribution in [0.15, 0.2) is 0 Å². The number of aliphatic hydroxyl groups excluding tert-OH is 2. The fraction of sp³-hybridized carbons (Fsp3) is 0.931. The third kappa shape index (κ3) is 2.80. The Labute approximate surface area is 205 Å². The van der Waals surface area contributed by atoms with Crippen LogP contribution in [-0.2, 0) is 9.59 Å². The van der Waals surface area contributed by atoms with Gasteiger partial charge in [-0.25, -0.2) is 0 Å². The van der Waals surface area contributed by atoms with E-state index in [4.69, 9.17) is 0 Å². The highest BCUT2D eigenvalue weighted by molar-refractivity contribution is 5.85. The van der Waals surface area contributed by atoms with Crippen LogP contribution in [0.4, 0.5) is 0 Å². The van der Waals surface area contributed by atoms with E-state index in [0.29, 0.717) is 31.1 Å². The lowest BCUT2D eigenvalue weighted by molar-refractivity contribution is -0.248. The molecular weight excluding hydrogens is 428 g/mol. The predicted octanol–water partition coefficient (Wildman–Crippen LogP) is 5.07. The fourth-order valence-corrected chi connectivity index (χ4v) is 11.4. The highest BCUT2D eigenvalue weighted by atomic mass is 16.4. The second-order valence-electron chi connectivity index (χ2n) is 14.3. The molecule has 5 aliphatic carbocycles. The summed E-state index contributed by atoms with van der Waals surface area (Å²) in [5.74, 6) is -0.0831. The molecule has 0 aliphatic heterocycles. The molecule has 3 unspecified atom stereocenters. The van der Waals surface area contributed by atoms with Gasteiger partial charge < -0.3 is 15.3 Å². The van der Waals surface area contributed by atoms with Gasteiger partial charge in [-0.05, 0) is 110 Å². The molecule has 0 bridgehead atoms. The van der Waals surface area contributed by atoms with Gasteiger partial charge >= 0.3 is 5.97 Å². The van der Waals surface area contributed by atoms with Crippen molar-refractivity contribution in [3.8, 4) is 0 Å². The van der Waals surface area contributed by atoms with Crippen molar-refractivity contribution in [3.05, 3.63) is 0 Å². The summed E-state index contributed by atoms with van der Waals surface area (Å²) in [4.78, 5) is 25.5. The van der Waals surface area contributed by atoms with Gasteiger partial charge in [0, 0.05) is 5.92 Å². The number of carbonyl (C=O) groups excluding carboxylic acids is 1. The second kappa shape index (κ2) is 7.54. The number of aliphatic carboxylic acids is 1. The summed E-state index contributed by atoms with van der Waals surface area (Å²) < 4.78 is 0. The zero-order valence-corrected chi connectivity index (χ0v) is 21.9. The molecule has 10 atom stereocenters. The molecule has 0 saturated heterocycles. The number of rotatable bonds is 3. The third-order valence-corrected chi connectivity index (χ3v) is 13.4. The molecule has 192 valence electrons. The highest BCUT2D eigenvalue weighted by Gasteiger charge is 2.72. The molecule has 0 aromatic heterocycles. The Balaban J connectivity index is 1.56. The summed E-state index contributed by atoms with van der Waals surface area (Å²) in [5, 5.41) is 31.0. The molecular formula is C29H46O5. The van der Waals surface area contributed by atoms with Crippen LogP contribution in [0.5, 0.6) is 0 Å². The Kier molecular flexibility index (Phi) is 5.48. The number of Topliss-reactive ketones (excluding diaryl/α,β-unsaturated/α-hetero) is 1. The lowest BCUT2D eigenvalue weighted by Gasteiger charge is -2.72. The first-order chi connectivity index (χ1) is 15.8. The van der Waals surface area contributed by atoms with Crippen molar-refractivity contribution in [3.63, 3.8) is 0 Å². The van der Waals surface area contributed by atoms with E-state index in [0.717, 1.165) is 44.9 Å². The molecule has 3 N–H and O–H groups in total. The summed E-state index contributed by atoms with van der Waals surface area (Å²) in [7, 11) is 0. The average molecular weight is 475 g/mol. The molecule has 5 fully saturated rings. The quantitative estimate of drug-likeness (QED) is 0.530. The van der Waals surface area contributed by atoms with Gasteiger partial charge in [0.2, 0.25) is 0 Å². The maximum atomic E-state index is 12.8. The lowest BCUT2D eigenvalue weighted by atomic mass is 9.32. The van der Waals surface area contributed by atoms with Crippen molar-refractivity contribution in [1.29, 1.82) is 0 Å². The zero-order valence-electron chi connectivity index (χ0n) is 21.9. The van der Waals surface area contributed by atoms with Crippen molar-refractivity contribution in [2.24, 2.45) is 56.7 Å². The van der Waals surface area contributed by atoms with E-state index in [-0.39, 0.29) is 51.3 Å². The normalized spacial score (nSPS) is 53.7. The van der Waals surface area contributed by atoms with E-state index in [9.17, 15) is 24.9 Å². The van der Waals surface area contributed by atoms with Crippen LogP contribution in [0, 0.1) is 56.7 Å². The van der Waals surface area contributed by atoms with Gasteiger partial charge in [-0.2, -0.15) is 0 Å². The minimum absolute atomic E-state index is 0.00789. The van der Waals surface area contributed by atoms with Crippen LogP contribution in [0.3, 0.4) is 0 Å². The van der Waals surface area contributed by atoms with Crippen LogP contribution in [-0.4, -0.2) is 39.8 Å². The van der Waals surface area contributed by atoms with Crippen LogP contribution >= 0.6 is 0 Å². The van der Waals surface area contributed by atoms with Crippen LogP contribution in [0.2, 0.25) is 0 Å². The lowest BCUT2D eigenvalue weighted by Crippen LogP contribution is -2.67. The Hall–Kier alpha value is -0.940. The van der Waals surface area contributed by atoms with Gasteiger partial charge in [-0.15, -0.1) is 0 Å². The van der Waals surface area contributed by atoms with Crippen molar-refractivity contribution in [2.45, 2.75) is 105 Å². The van der Waals surface area contributed by atoms with E-state index in [1.54, 1.807) is 0 Å². The maximum Gasteiger partial charge on any atom is 0.309 e. The van der Waals surface area contributed by atoms with Gasteiger partial charge in [-0.1, -0.05) is 34.6 Å². The van der Waals surface area contributed by atoms with Crippen LogP contribution < -0.4 is 0 Å². The number of hydrogen-bond acceptors (Lipinski definition) is 4. The minimum atomic E-state index is -0.805. The second-order valence-corrected chi connectivity index (χ2v) is 14.3.